The van der Waals surface area contributed by atoms with Gasteiger partial charge < -0.3 is 10.1 Å². The number of halogens is 3. The lowest BCUT2D eigenvalue weighted by atomic mass is 9.98. The van der Waals surface area contributed by atoms with Gasteiger partial charge in [-0.05, 0) is 47.6 Å². The van der Waals surface area contributed by atoms with Gasteiger partial charge in [-0.3, -0.25) is 4.79 Å². The molecule has 2 aromatic heterocycles. The van der Waals surface area contributed by atoms with Crippen LogP contribution in [0.15, 0.2) is 36.7 Å². The van der Waals surface area contributed by atoms with E-state index >= 15 is 0 Å². The molecular formula is C22H17ClF2N4O2. The topological polar surface area (TPSA) is 87.9 Å². The molecule has 158 valence electrons. The number of aryl methyl sites for hydroxylation is 1. The van der Waals surface area contributed by atoms with Crippen molar-refractivity contribution >= 4 is 34.1 Å². The lowest BCUT2D eigenvalue weighted by Gasteiger charge is -2.13. The Balaban J connectivity index is 1.68. The summed E-state index contributed by atoms with van der Waals surface area (Å²) in [6.45, 7) is -1.05. The second kappa shape index (κ2) is 8.44. The van der Waals surface area contributed by atoms with Crippen LogP contribution in [-0.2, 0) is 11.2 Å². The van der Waals surface area contributed by atoms with Crippen LogP contribution in [0.4, 0.5) is 14.6 Å². The minimum Gasteiger partial charge on any atom is -0.417 e. The minimum absolute atomic E-state index is 0.146. The van der Waals surface area contributed by atoms with Gasteiger partial charge in [-0.25, -0.2) is 9.97 Å². The zero-order valence-electron chi connectivity index (χ0n) is 16.4. The van der Waals surface area contributed by atoms with Gasteiger partial charge in [0, 0.05) is 29.4 Å². The number of rotatable bonds is 6. The van der Waals surface area contributed by atoms with E-state index in [1.54, 1.807) is 18.3 Å². The van der Waals surface area contributed by atoms with Crippen molar-refractivity contribution in [1.29, 1.82) is 5.26 Å². The summed E-state index contributed by atoms with van der Waals surface area (Å²) in [4.78, 5) is 20.4. The first-order valence-electron chi connectivity index (χ1n) is 9.63. The van der Waals surface area contributed by atoms with Crippen LogP contribution in [0.25, 0.3) is 21.9 Å². The molecule has 0 saturated heterocycles. The molecule has 0 bridgehead atoms. The van der Waals surface area contributed by atoms with Gasteiger partial charge in [0.2, 0.25) is 11.8 Å². The summed E-state index contributed by atoms with van der Waals surface area (Å²) >= 11 is 6.46. The number of carbonyl (C=O) groups excluding carboxylic acids is 1. The number of ether oxygens (including phenoxy) is 1. The number of nitrogens with one attached hydrogen (secondary N) is 1. The number of nitriles is 1. The van der Waals surface area contributed by atoms with E-state index < -0.39 is 6.61 Å². The largest absolute Gasteiger partial charge is 0.417 e. The molecule has 1 fully saturated rings. The zero-order chi connectivity index (χ0) is 22.1. The third kappa shape index (κ3) is 4.42. The van der Waals surface area contributed by atoms with Crippen LogP contribution < -0.4 is 10.1 Å². The van der Waals surface area contributed by atoms with Crippen molar-refractivity contribution in [3.8, 4) is 23.1 Å². The molecule has 9 heteroatoms. The molecule has 1 N–H and O–H groups in total. The molecule has 2 heterocycles. The van der Waals surface area contributed by atoms with Gasteiger partial charge in [0.1, 0.15) is 5.82 Å². The Morgan fingerprint density at radius 3 is 2.81 bits per heavy atom. The summed E-state index contributed by atoms with van der Waals surface area (Å²) in [5.74, 6) is -0.549. The van der Waals surface area contributed by atoms with E-state index in [2.05, 4.69) is 26.1 Å². The van der Waals surface area contributed by atoms with Gasteiger partial charge in [-0.2, -0.15) is 14.0 Å². The summed E-state index contributed by atoms with van der Waals surface area (Å²) in [6, 6.07) is 8.91. The molecule has 2 atom stereocenters. The molecule has 0 unspecified atom stereocenters. The molecule has 1 saturated carbocycles. The number of alkyl halides is 2. The highest BCUT2D eigenvalue weighted by Gasteiger charge is 2.43. The summed E-state index contributed by atoms with van der Waals surface area (Å²) in [5, 5.41) is 13.5. The first-order valence-corrected chi connectivity index (χ1v) is 10.0. The Morgan fingerprint density at radius 2 is 2.13 bits per heavy atom. The summed E-state index contributed by atoms with van der Waals surface area (Å²) in [5.41, 5.74) is 2.27. The molecule has 0 aliphatic heterocycles. The van der Waals surface area contributed by atoms with Crippen molar-refractivity contribution in [3.05, 3.63) is 47.2 Å². The van der Waals surface area contributed by atoms with Gasteiger partial charge in [0.15, 0.2) is 0 Å². The molecule has 6 nitrogen and oxygen atoms in total. The van der Waals surface area contributed by atoms with Crippen molar-refractivity contribution < 1.29 is 18.3 Å². The van der Waals surface area contributed by atoms with Crippen LogP contribution in [0.5, 0.6) is 5.88 Å². The number of fused-ring (bicyclic) bond motifs is 1. The third-order valence-electron chi connectivity index (χ3n) is 5.20. The second-order valence-corrected chi connectivity index (χ2v) is 7.63. The number of hydrogen-bond donors (Lipinski definition) is 1. The van der Waals surface area contributed by atoms with E-state index in [0.717, 1.165) is 22.1 Å². The minimum atomic E-state index is -2.95. The van der Waals surface area contributed by atoms with E-state index in [0.29, 0.717) is 29.1 Å². The van der Waals surface area contributed by atoms with Gasteiger partial charge in [-0.15, -0.1) is 0 Å². The first-order chi connectivity index (χ1) is 14.9. The molecule has 1 amide bonds. The Labute approximate surface area is 181 Å². The lowest BCUT2D eigenvalue weighted by molar-refractivity contribution is -0.117. The molecule has 0 radical (unpaired) electrons. The maximum absolute atomic E-state index is 12.5. The van der Waals surface area contributed by atoms with Crippen molar-refractivity contribution in [2.24, 2.45) is 11.8 Å². The van der Waals surface area contributed by atoms with Crippen LogP contribution in [0.3, 0.4) is 0 Å². The molecule has 1 aliphatic rings. The van der Waals surface area contributed by atoms with E-state index in [9.17, 15) is 13.6 Å². The van der Waals surface area contributed by atoms with Gasteiger partial charge in [0.05, 0.1) is 22.9 Å². The quantitative estimate of drug-likeness (QED) is 0.566. The molecule has 31 heavy (non-hydrogen) atoms. The molecule has 3 aromatic rings. The average molecular weight is 443 g/mol. The Kier molecular flexibility index (Phi) is 5.70. The number of hydrogen-bond acceptors (Lipinski definition) is 5. The highest BCUT2D eigenvalue weighted by Crippen LogP contribution is 2.39. The number of carbonyl (C=O) groups is 1. The Morgan fingerprint density at radius 1 is 1.32 bits per heavy atom. The van der Waals surface area contributed by atoms with Crippen molar-refractivity contribution in [1.82, 2.24) is 9.97 Å². The Bertz CT molecular complexity index is 1210. The average Bonchev–Trinajstić information content (AvgIpc) is 3.53. The first kappa shape index (κ1) is 20.9. The Hall–Kier alpha value is -3.31. The second-order valence-electron chi connectivity index (χ2n) is 7.23. The van der Waals surface area contributed by atoms with Crippen molar-refractivity contribution in [2.75, 3.05) is 5.32 Å². The molecule has 0 spiro atoms. The maximum Gasteiger partial charge on any atom is 0.388 e. The van der Waals surface area contributed by atoms with E-state index in [4.69, 9.17) is 16.9 Å². The SMILES string of the molecule is CCc1cc(OC(F)F)ncc1-c1cc(Cl)c2cnc(NC(=O)[C@H]3C[C@@H]3C#N)cc2c1. The predicted octanol–water partition coefficient (Wildman–Crippen LogP) is 5.21. The predicted molar refractivity (Wildman–Crippen MR) is 112 cm³/mol. The number of nitrogens with zero attached hydrogens (tertiary/aromatic N) is 3. The van der Waals surface area contributed by atoms with Gasteiger partial charge in [0.25, 0.3) is 0 Å². The summed E-state index contributed by atoms with van der Waals surface area (Å²) in [6.07, 6.45) is 4.19. The van der Waals surface area contributed by atoms with Crippen LogP contribution >= 0.6 is 11.6 Å². The lowest BCUT2D eigenvalue weighted by Crippen LogP contribution is -2.15. The summed E-state index contributed by atoms with van der Waals surface area (Å²) in [7, 11) is 0. The standard InChI is InChI=1S/C22H17ClF2N4O2/c1-2-11-7-20(31-22(24)25)28-9-16(11)12-3-13-6-19(27-10-17(13)18(23)5-12)29-21(30)15-4-14(15)8-26/h3,5-7,9-10,14-15,22H,2,4H2,1H3,(H,27,29,30)/t14-,15+/m1/s1. The van der Waals surface area contributed by atoms with E-state index in [1.807, 2.05) is 13.0 Å². The monoisotopic (exact) mass is 442 g/mol. The third-order valence-corrected chi connectivity index (χ3v) is 5.51. The van der Waals surface area contributed by atoms with Gasteiger partial charge in [-0.1, -0.05) is 18.5 Å². The van der Waals surface area contributed by atoms with E-state index in [1.165, 1.54) is 12.3 Å². The highest BCUT2D eigenvalue weighted by atomic mass is 35.5. The molecular weight excluding hydrogens is 426 g/mol. The smallest absolute Gasteiger partial charge is 0.388 e. The molecule has 4 rings (SSSR count). The van der Waals surface area contributed by atoms with Crippen molar-refractivity contribution in [3.63, 3.8) is 0 Å². The number of pyridine rings is 2. The fourth-order valence-corrected chi connectivity index (χ4v) is 3.74. The van der Waals surface area contributed by atoms with Crippen LogP contribution in [0, 0.1) is 23.2 Å². The summed E-state index contributed by atoms with van der Waals surface area (Å²) < 4.78 is 29.4. The fourth-order valence-electron chi connectivity index (χ4n) is 3.47. The van der Waals surface area contributed by atoms with Crippen LogP contribution in [0.2, 0.25) is 5.02 Å². The normalized spacial score (nSPS) is 17.4. The molecule has 1 aliphatic carbocycles. The van der Waals surface area contributed by atoms with Gasteiger partial charge >= 0.3 is 6.61 Å². The van der Waals surface area contributed by atoms with Crippen molar-refractivity contribution in [2.45, 2.75) is 26.4 Å². The van der Waals surface area contributed by atoms with E-state index in [-0.39, 0.29) is 23.6 Å². The number of aromatic nitrogens is 2. The van der Waals surface area contributed by atoms with Crippen LogP contribution in [0.1, 0.15) is 18.9 Å². The number of anilines is 1. The zero-order valence-corrected chi connectivity index (χ0v) is 17.2. The van der Waals surface area contributed by atoms with Crippen LogP contribution in [-0.4, -0.2) is 22.5 Å². The maximum atomic E-state index is 12.5. The molecule has 1 aromatic carbocycles. The number of amides is 1. The fraction of sp³-hybridized carbons (Fsp3) is 0.273. The number of benzene rings is 1. The highest BCUT2D eigenvalue weighted by molar-refractivity contribution is 6.36.